The van der Waals surface area contributed by atoms with E-state index in [9.17, 15) is 4.79 Å². The summed E-state index contributed by atoms with van der Waals surface area (Å²) in [6, 6.07) is 1.89. The summed E-state index contributed by atoms with van der Waals surface area (Å²) < 4.78 is 5.91. The first-order chi connectivity index (χ1) is 11.6. The Morgan fingerprint density at radius 2 is 2.33 bits per heavy atom. The number of thiophene rings is 1. The molecular weight excluding hydrogens is 332 g/mol. The molecule has 0 fully saturated rings. The van der Waals surface area contributed by atoms with Gasteiger partial charge in [0.15, 0.2) is 5.69 Å². The fourth-order valence-corrected chi connectivity index (χ4v) is 2.64. The van der Waals surface area contributed by atoms with Crippen molar-refractivity contribution in [1.29, 1.82) is 0 Å². The molecule has 0 aliphatic carbocycles. The largest absolute Gasteiger partial charge is 0.378 e. The molecule has 0 aliphatic heterocycles. The molecule has 3 heterocycles. The minimum absolute atomic E-state index is 0.0595. The number of anilines is 1. The number of carbonyl (C=O) groups is 1. The summed E-state index contributed by atoms with van der Waals surface area (Å²) in [7, 11) is 0. The SMILES string of the molecule is CC(C)c1c(C(=O)N/N=C/c2ccsc2)nnn1-c1nonc1N. The monoisotopic (exact) mass is 346 g/mol. The highest BCUT2D eigenvalue weighted by molar-refractivity contribution is 7.08. The molecular formula is C13H14N8O2S. The highest BCUT2D eigenvalue weighted by atomic mass is 32.1. The van der Waals surface area contributed by atoms with Gasteiger partial charge in [0.25, 0.3) is 5.91 Å². The Morgan fingerprint density at radius 1 is 1.50 bits per heavy atom. The number of amides is 1. The van der Waals surface area contributed by atoms with E-state index in [4.69, 9.17) is 5.73 Å². The lowest BCUT2D eigenvalue weighted by molar-refractivity contribution is 0.0948. The van der Waals surface area contributed by atoms with Gasteiger partial charge in [0.2, 0.25) is 11.6 Å². The number of nitrogens with one attached hydrogen (secondary N) is 1. The van der Waals surface area contributed by atoms with Crippen molar-refractivity contribution >= 4 is 29.3 Å². The van der Waals surface area contributed by atoms with Gasteiger partial charge in [0.05, 0.1) is 11.9 Å². The molecule has 0 saturated heterocycles. The summed E-state index contributed by atoms with van der Waals surface area (Å²) in [4.78, 5) is 12.3. The lowest BCUT2D eigenvalue weighted by atomic mass is 10.1. The van der Waals surface area contributed by atoms with E-state index in [0.29, 0.717) is 5.69 Å². The van der Waals surface area contributed by atoms with E-state index >= 15 is 0 Å². The molecule has 0 bridgehead atoms. The molecule has 0 radical (unpaired) electrons. The van der Waals surface area contributed by atoms with Crippen molar-refractivity contribution in [1.82, 2.24) is 30.7 Å². The van der Waals surface area contributed by atoms with Crippen LogP contribution in [-0.2, 0) is 0 Å². The predicted molar refractivity (Wildman–Crippen MR) is 87.1 cm³/mol. The fraction of sp³-hybridized carbons (Fsp3) is 0.231. The Hall–Kier alpha value is -3.08. The Kier molecular flexibility index (Phi) is 4.33. The van der Waals surface area contributed by atoms with Gasteiger partial charge in [-0.2, -0.15) is 21.1 Å². The van der Waals surface area contributed by atoms with Gasteiger partial charge >= 0.3 is 0 Å². The van der Waals surface area contributed by atoms with Gasteiger partial charge in [-0.3, -0.25) is 4.79 Å². The molecule has 3 N–H and O–H groups in total. The third kappa shape index (κ3) is 3.01. The van der Waals surface area contributed by atoms with Gasteiger partial charge < -0.3 is 5.73 Å². The Labute approximate surface area is 140 Å². The van der Waals surface area contributed by atoms with Crippen molar-refractivity contribution < 1.29 is 9.42 Å². The van der Waals surface area contributed by atoms with Crippen LogP contribution in [0.3, 0.4) is 0 Å². The smallest absolute Gasteiger partial charge is 0.293 e. The van der Waals surface area contributed by atoms with Crippen LogP contribution in [0.4, 0.5) is 5.82 Å². The van der Waals surface area contributed by atoms with Gasteiger partial charge in [0, 0.05) is 5.56 Å². The van der Waals surface area contributed by atoms with E-state index in [1.54, 1.807) is 17.6 Å². The normalized spacial score (nSPS) is 11.5. The second kappa shape index (κ2) is 6.58. The van der Waals surface area contributed by atoms with Crippen LogP contribution >= 0.6 is 11.3 Å². The first-order valence-electron chi connectivity index (χ1n) is 6.97. The van der Waals surface area contributed by atoms with E-state index < -0.39 is 5.91 Å². The summed E-state index contributed by atoms with van der Waals surface area (Å²) in [5, 5.41) is 22.8. The molecule has 0 aromatic carbocycles. The molecule has 0 aliphatic rings. The number of nitrogens with zero attached hydrogens (tertiary/aromatic N) is 6. The quantitative estimate of drug-likeness (QED) is 0.522. The van der Waals surface area contributed by atoms with Gasteiger partial charge in [-0.15, -0.1) is 5.10 Å². The van der Waals surface area contributed by atoms with Crippen LogP contribution in [0.15, 0.2) is 26.6 Å². The maximum atomic E-state index is 12.3. The number of nitrogen functional groups attached to an aromatic ring is 1. The number of hydrogen-bond acceptors (Lipinski definition) is 9. The first kappa shape index (κ1) is 15.8. The topological polar surface area (TPSA) is 137 Å². The average molecular weight is 346 g/mol. The molecule has 3 rings (SSSR count). The predicted octanol–water partition coefficient (Wildman–Crippen LogP) is 1.18. The maximum absolute atomic E-state index is 12.3. The zero-order chi connectivity index (χ0) is 17.1. The molecule has 1 amide bonds. The van der Waals surface area contributed by atoms with Crippen molar-refractivity contribution in [2.75, 3.05) is 5.73 Å². The second-order valence-corrected chi connectivity index (χ2v) is 5.90. The van der Waals surface area contributed by atoms with Gasteiger partial charge in [-0.25, -0.2) is 10.1 Å². The highest BCUT2D eigenvalue weighted by Gasteiger charge is 2.25. The van der Waals surface area contributed by atoms with Crippen LogP contribution in [0, 0.1) is 0 Å². The number of carbonyl (C=O) groups excluding carboxylic acids is 1. The van der Waals surface area contributed by atoms with Crippen molar-refractivity contribution in [3.05, 3.63) is 33.8 Å². The summed E-state index contributed by atoms with van der Waals surface area (Å²) in [5.41, 5.74) is 9.68. The van der Waals surface area contributed by atoms with E-state index in [-0.39, 0.29) is 23.2 Å². The van der Waals surface area contributed by atoms with Crippen molar-refractivity contribution in [3.63, 3.8) is 0 Å². The van der Waals surface area contributed by atoms with Crippen LogP contribution in [0.25, 0.3) is 5.82 Å². The molecule has 24 heavy (non-hydrogen) atoms. The molecule has 0 spiro atoms. The molecule has 0 atom stereocenters. The van der Waals surface area contributed by atoms with Crippen molar-refractivity contribution in [3.8, 4) is 5.82 Å². The Morgan fingerprint density at radius 3 is 2.96 bits per heavy atom. The van der Waals surface area contributed by atoms with E-state index in [0.717, 1.165) is 5.56 Å². The van der Waals surface area contributed by atoms with Crippen LogP contribution in [0.2, 0.25) is 0 Å². The summed E-state index contributed by atoms with van der Waals surface area (Å²) in [6.45, 7) is 3.79. The van der Waals surface area contributed by atoms with E-state index in [1.807, 2.05) is 30.7 Å². The highest BCUT2D eigenvalue weighted by Crippen LogP contribution is 2.22. The standard InChI is InChI=1S/C13H14N8O2S/c1-7(2)10-9(13(22)17-15-5-8-3-4-24-6-8)16-20-21(10)12-11(14)18-23-19-12/h3-7H,1-2H3,(H2,14,18)(H,17,22)/b15-5+. The third-order valence-corrected chi connectivity index (χ3v) is 3.79. The fourth-order valence-electron chi connectivity index (χ4n) is 2.03. The summed E-state index contributed by atoms with van der Waals surface area (Å²) >= 11 is 1.54. The molecule has 10 nitrogen and oxygen atoms in total. The zero-order valence-electron chi connectivity index (χ0n) is 12.9. The first-order valence-corrected chi connectivity index (χ1v) is 7.91. The van der Waals surface area contributed by atoms with E-state index in [1.165, 1.54) is 4.68 Å². The number of rotatable bonds is 5. The minimum atomic E-state index is -0.480. The van der Waals surface area contributed by atoms with Crippen LogP contribution in [-0.4, -0.2) is 37.4 Å². The summed E-state index contributed by atoms with van der Waals surface area (Å²) in [5.74, 6) is -0.305. The molecule has 0 unspecified atom stereocenters. The van der Waals surface area contributed by atoms with Crippen LogP contribution < -0.4 is 11.2 Å². The average Bonchev–Trinajstić information content (AvgIpc) is 3.25. The molecule has 124 valence electrons. The lowest BCUT2D eigenvalue weighted by Crippen LogP contribution is -2.20. The number of hydrazone groups is 1. The van der Waals surface area contributed by atoms with Crippen molar-refractivity contribution in [2.45, 2.75) is 19.8 Å². The minimum Gasteiger partial charge on any atom is -0.378 e. The molecule has 11 heteroatoms. The number of hydrogen-bond donors (Lipinski definition) is 2. The third-order valence-electron chi connectivity index (χ3n) is 3.09. The molecule has 3 aromatic rings. The van der Waals surface area contributed by atoms with Gasteiger partial charge in [-0.05, 0) is 33.1 Å². The number of nitrogens with two attached hydrogens (primary N) is 1. The maximum Gasteiger partial charge on any atom is 0.293 e. The van der Waals surface area contributed by atoms with E-state index in [2.05, 4.69) is 35.8 Å². The van der Waals surface area contributed by atoms with Crippen molar-refractivity contribution in [2.24, 2.45) is 5.10 Å². The van der Waals surface area contributed by atoms with Crippen LogP contribution in [0.5, 0.6) is 0 Å². The van der Waals surface area contributed by atoms with Crippen LogP contribution in [0.1, 0.15) is 41.5 Å². The lowest BCUT2D eigenvalue weighted by Gasteiger charge is -2.07. The Bertz CT molecular complexity index is 865. The zero-order valence-corrected chi connectivity index (χ0v) is 13.7. The summed E-state index contributed by atoms with van der Waals surface area (Å²) in [6.07, 6.45) is 1.55. The number of aromatic nitrogens is 5. The second-order valence-electron chi connectivity index (χ2n) is 5.12. The molecule has 0 saturated carbocycles. The molecule has 3 aromatic heterocycles. The van der Waals surface area contributed by atoms with Gasteiger partial charge in [0.1, 0.15) is 0 Å². The van der Waals surface area contributed by atoms with Gasteiger partial charge in [-0.1, -0.05) is 19.1 Å². The Balaban J connectivity index is 1.86.